The molecule has 96 valence electrons. The molecule has 0 aromatic carbocycles. The summed E-state index contributed by atoms with van der Waals surface area (Å²) in [5.74, 6) is 0. The molecule has 0 aliphatic carbocycles. The molecule has 0 spiro atoms. The maximum Gasteiger partial charge on any atom is 0.312 e. The van der Waals surface area contributed by atoms with Crippen molar-refractivity contribution >= 4 is 17.4 Å². The maximum absolute atomic E-state index is 10.4. The van der Waals surface area contributed by atoms with E-state index in [4.69, 9.17) is 5.73 Å². The Balaban J connectivity index is 2.28. The SMILES string of the molecule is CC(C)(C)c1ccc(CNCCNC(N)=O)s1. The molecule has 0 atom stereocenters. The summed E-state index contributed by atoms with van der Waals surface area (Å²) in [6, 6.07) is 3.86. The van der Waals surface area contributed by atoms with Gasteiger partial charge in [-0.2, -0.15) is 0 Å². The van der Waals surface area contributed by atoms with Crippen LogP contribution in [0.3, 0.4) is 0 Å². The molecular weight excluding hydrogens is 234 g/mol. The van der Waals surface area contributed by atoms with Gasteiger partial charge in [-0.3, -0.25) is 0 Å². The Bertz CT molecular complexity index is 368. The zero-order chi connectivity index (χ0) is 12.9. The van der Waals surface area contributed by atoms with E-state index in [-0.39, 0.29) is 5.41 Å². The summed E-state index contributed by atoms with van der Waals surface area (Å²) in [5.41, 5.74) is 5.18. The van der Waals surface area contributed by atoms with Crippen LogP contribution in [0.15, 0.2) is 12.1 Å². The van der Waals surface area contributed by atoms with Crippen molar-refractivity contribution in [1.82, 2.24) is 10.6 Å². The second-order valence-corrected chi connectivity index (χ2v) is 6.15. The van der Waals surface area contributed by atoms with E-state index >= 15 is 0 Å². The predicted molar refractivity (Wildman–Crippen MR) is 72.3 cm³/mol. The lowest BCUT2D eigenvalue weighted by Gasteiger charge is -2.15. The second kappa shape index (κ2) is 6.02. The molecule has 0 aliphatic rings. The Kier molecular flexibility index (Phi) is 4.96. The summed E-state index contributed by atoms with van der Waals surface area (Å²) in [6.45, 7) is 8.77. The fourth-order valence-corrected chi connectivity index (χ4v) is 2.40. The molecule has 4 nitrogen and oxygen atoms in total. The van der Waals surface area contributed by atoms with Gasteiger partial charge in [0.05, 0.1) is 0 Å². The Morgan fingerprint density at radius 2 is 2.06 bits per heavy atom. The Hall–Kier alpha value is -1.07. The summed E-state index contributed by atoms with van der Waals surface area (Å²) in [5, 5.41) is 5.80. The van der Waals surface area contributed by atoms with Crippen LogP contribution in [0.4, 0.5) is 4.79 Å². The van der Waals surface area contributed by atoms with Gasteiger partial charge in [-0.1, -0.05) is 20.8 Å². The molecule has 1 aromatic rings. The fraction of sp³-hybridized carbons (Fsp3) is 0.583. The molecule has 1 aromatic heterocycles. The highest BCUT2D eigenvalue weighted by atomic mass is 32.1. The quantitative estimate of drug-likeness (QED) is 0.702. The molecule has 0 aliphatic heterocycles. The largest absolute Gasteiger partial charge is 0.352 e. The topological polar surface area (TPSA) is 67.2 Å². The number of nitrogens with two attached hydrogens (primary N) is 1. The van der Waals surface area contributed by atoms with Gasteiger partial charge in [0.15, 0.2) is 0 Å². The lowest BCUT2D eigenvalue weighted by molar-refractivity contribution is 0.249. The van der Waals surface area contributed by atoms with Gasteiger partial charge in [0.1, 0.15) is 0 Å². The third-order valence-corrected chi connectivity index (χ3v) is 3.81. The summed E-state index contributed by atoms with van der Waals surface area (Å²) in [7, 11) is 0. The van der Waals surface area contributed by atoms with Crippen LogP contribution in [0.2, 0.25) is 0 Å². The van der Waals surface area contributed by atoms with Gasteiger partial charge in [-0.15, -0.1) is 11.3 Å². The molecule has 0 saturated heterocycles. The molecule has 0 saturated carbocycles. The minimum Gasteiger partial charge on any atom is -0.352 e. The average Bonchev–Trinajstić information content (AvgIpc) is 2.64. The van der Waals surface area contributed by atoms with E-state index in [1.165, 1.54) is 9.75 Å². The summed E-state index contributed by atoms with van der Waals surface area (Å²) in [4.78, 5) is 13.1. The molecule has 1 rings (SSSR count). The highest BCUT2D eigenvalue weighted by Crippen LogP contribution is 2.29. The first kappa shape index (κ1) is 14.0. The van der Waals surface area contributed by atoms with E-state index in [2.05, 4.69) is 43.5 Å². The van der Waals surface area contributed by atoms with Crippen LogP contribution >= 0.6 is 11.3 Å². The normalized spacial score (nSPS) is 11.5. The molecule has 2 amide bonds. The highest BCUT2D eigenvalue weighted by Gasteiger charge is 2.15. The van der Waals surface area contributed by atoms with Gasteiger partial charge in [0, 0.05) is 29.4 Å². The van der Waals surface area contributed by atoms with E-state index in [0.29, 0.717) is 6.54 Å². The zero-order valence-corrected chi connectivity index (χ0v) is 11.5. The van der Waals surface area contributed by atoms with E-state index < -0.39 is 6.03 Å². The highest BCUT2D eigenvalue weighted by molar-refractivity contribution is 7.12. The van der Waals surface area contributed by atoms with Gasteiger partial charge in [0.2, 0.25) is 0 Å². The number of carbonyl (C=O) groups is 1. The van der Waals surface area contributed by atoms with Crippen molar-refractivity contribution in [2.75, 3.05) is 13.1 Å². The van der Waals surface area contributed by atoms with Crippen molar-refractivity contribution < 1.29 is 4.79 Å². The molecule has 17 heavy (non-hydrogen) atoms. The Labute approximate surface area is 107 Å². The number of hydrogen-bond acceptors (Lipinski definition) is 3. The van der Waals surface area contributed by atoms with Crippen LogP contribution in [0.5, 0.6) is 0 Å². The number of urea groups is 1. The number of primary amides is 1. The van der Waals surface area contributed by atoms with E-state index in [9.17, 15) is 4.79 Å². The minimum atomic E-state index is -0.474. The van der Waals surface area contributed by atoms with Crippen LogP contribution in [0.1, 0.15) is 30.5 Å². The zero-order valence-electron chi connectivity index (χ0n) is 10.7. The summed E-state index contributed by atoms with van der Waals surface area (Å²) in [6.07, 6.45) is 0. The maximum atomic E-state index is 10.4. The van der Waals surface area contributed by atoms with Gasteiger partial charge in [-0.25, -0.2) is 4.79 Å². The monoisotopic (exact) mass is 255 g/mol. The van der Waals surface area contributed by atoms with E-state index in [0.717, 1.165) is 13.1 Å². The lowest BCUT2D eigenvalue weighted by atomic mass is 9.95. The van der Waals surface area contributed by atoms with Crippen molar-refractivity contribution in [3.8, 4) is 0 Å². The van der Waals surface area contributed by atoms with Crippen molar-refractivity contribution in [3.63, 3.8) is 0 Å². The Morgan fingerprint density at radius 3 is 2.59 bits per heavy atom. The number of nitrogens with one attached hydrogen (secondary N) is 2. The van der Waals surface area contributed by atoms with Gasteiger partial charge in [0.25, 0.3) is 0 Å². The number of amides is 2. The van der Waals surface area contributed by atoms with Crippen molar-refractivity contribution in [3.05, 3.63) is 21.9 Å². The number of hydrogen-bond donors (Lipinski definition) is 3. The molecular formula is C12H21N3OS. The lowest BCUT2D eigenvalue weighted by Crippen LogP contribution is -2.35. The number of carbonyl (C=O) groups excluding carboxylic acids is 1. The first-order valence-electron chi connectivity index (χ1n) is 5.73. The molecule has 0 fully saturated rings. The van der Waals surface area contributed by atoms with E-state index in [1.807, 2.05) is 11.3 Å². The predicted octanol–water partition coefficient (Wildman–Crippen LogP) is 1.80. The molecule has 0 radical (unpaired) electrons. The van der Waals surface area contributed by atoms with Gasteiger partial charge in [-0.05, 0) is 17.5 Å². The summed E-state index contributed by atoms with van der Waals surface area (Å²) >= 11 is 1.83. The van der Waals surface area contributed by atoms with Gasteiger partial charge >= 0.3 is 6.03 Å². The van der Waals surface area contributed by atoms with Crippen molar-refractivity contribution in [2.24, 2.45) is 5.73 Å². The first-order valence-corrected chi connectivity index (χ1v) is 6.54. The Morgan fingerprint density at radius 1 is 1.35 bits per heavy atom. The third-order valence-electron chi connectivity index (χ3n) is 2.30. The van der Waals surface area contributed by atoms with E-state index in [1.54, 1.807) is 0 Å². The van der Waals surface area contributed by atoms with Crippen LogP contribution in [-0.2, 0) is 12.0 Å². The van der Waals surface area contributed by atoms with Gasteiger partial charge < -0.3 is 16.4 Å². The number of thiophene rings is 1. The molecule has 1 heterocycles. The molecule has 5 heteroatoms. The van der Waals surface area contributed by atoms with Crippen LogP contribution in [-0.4, -0.2) is 19.1 Å². The molecule has 0 bridgehead atoms. The first-order chi connectivity index (χ1) is 7.89. The van der Waals surface area contributed by atoms with Crippen LogP contribution < -0.4 is 16.4 Å². The number of rotatable bonds is 5. The average molecular weight is 255 g/mol. The van der Waals surface area contributed by atoms with Crippen molar-refractivity contribution in [2.45, 2.75) is 32.7 Å². The minimum absolute atomic E-state index is 0.219. The van der Waals surface area contributed by atoms with Crippen LogP contribution in [0.25, 0.3) is 0 Å². The second-order valence-electron chi connectivity index (χ2n) is 4.98. The smallest absolute Gasteiger partial charge is 0.312 e. The summed E-state index contributed by atoms with van der Waals surface area (Å²) < 4.78 is 0. The third kappa shape index (κ3) is 5.19. The van der Waals surface area contributed by atoms with Crippen molar-refractivity contribution in [1.29, 1.82) is 0 Å². The fourth-order valence-electron chi connectivity index (χ4n) is 1.36. The molecule has 4 N–H and O–H groups in total. The van der Waals surface area contributed by atoms with Crippen LogP contribution in [0, 0.1) is 0 Å². The molecule has 0 unspecified atom stereocenters. The standard InChI is InChI=1S/C12H21N3OS/c1-12(2,3)10-5-4-9(17-10)8-14-6-7-15-11(13)16/h4-5,14H,6-8H2,1-3H3,(H3,13,15,16).